The van der Waals surface area contributed by atoms with Crippen molar-refractivity contribution in [2.24, 2.45) is 0 Å². The molecule has 0 fully saturated rings. The second kappa shape index (κ2) is 6.22. The first kappa shape index (κ1) is 12.6. The first-order chi connectivity index (χ1) is 7.63. The lowest BCUT2D eigenvalue weighted by Gasteiger charge is -2.05. The summed E-state index contributed by atoms with van der Waals surface area (Å²) in [5.74, 6) is 0.605. The van der Waals surface area contributed by atoms with Crippen LogP contribution in [0.5, 0.6) is 0 Å². The van der Waals surface area contributed by atoms with Crippen LogP contribution in [0.4, 0.5) is 5.82 Å². The molecule has 1 unspecified atom stereocenters. The summed E-state index contributed by atoms with van der Waals surface area (Å²) in [5.41, 5.74) is 0.00149. The highest BCUT2D eigenvalue weighted by Gasteiger charge is 2.04. The van der Waals surface area contributed by atoms with Gasteiger partial charge in [-0.15, -0.1) is 0 Å². The summed E-state index contributed by atoms with van der Waals surface area (Å²) in [6.45, 7) is 2.38. The Hall–Kier alpha value is -1.43. The molecular formula is C10H14N2O3S. The van der Waals surface area contributed by atoms with Crippen molar-refractivity contribution in [3.63, 3.8) is 0 Å². The van der Waals surface area contributed by atoms with Gasteiger partial charge in [0.2, 0.25) is 0 Å². The smallest absolute Gasteiger partial charge is 0.354 e. The summed E-state index contributed by atoms with van der Waals surface area (Å²) in [6.07, 6.45) is 0. The van der Waals surface area contributed by atoms with Crippen LogP contribution in [0.15, 0.2) is 18.2 Å². The lowest BCUT2D eigenvalue weighted by Crippen LogP contribution is -2.13. The largest absolute Gasteiger partial charge is 0.477 e. The van der Waals surface area contributed by atoms with Crippen molar-refractivity contribution < 1.29 is 14.1 Å². The number of aromatic carboxylic acids is 1. The minimum absolute atomic E-state index is 0.00149. The van der Waals surface area contributed by atoms with E-state index < -0.39 is 16.8 Å². The molecule has 6 heteroatoms. The molecule has 1 aromatic rings. The van der Waals surface area contributed by atoms with Gasteiger partial charge in [-0.1, -0.05) is 13.0 Å². The molecular weight excluding hydrogens is 228 g/mol. The van der Waals surface area contributed by atoms with Crippen molar-refractivity contribution in [2.45, 2.75) is 6.92 Å². The van der Waals surface area contributed by atoms with Crippen molar-refractivity contribution >= 4 is 22.6 Å². The third-order valence-corrected chi connectivity index (χ3v) is 3.23. The maximum atomic E-state index is 11.1. The SMILES string of the molecule is CCS(=O)CCNc1cccc(C(=O)O)n1. The Kier molecular flexibility index (Phi) is 4.91. The molecule has 16 heavy (non-hydrogen) atoms. The Balaban J connectivity index is 2.51. The van der Waals surface area contributed by atoms with Crippen molar-refractivity contribution in [3.05, 3.63) is 23.9 Å². The number of carboxylic acid groups (broad SMARTS) is 1. The molecule has 0 saturated heterocycles. The summed E-state index contributed by atoms with van der Waals surface area (Å²) in [7, 11) is -0.821. The number of rotatable bonds is 6. The molecule has 0 amide bonds. The third-order valence-electron chi connectivity index (χ3n) is 1.93. The third kappa shape index (κ3) is 3.98. The molecule has 0 spiro atoms. The Morgan fingerprint density at radius 2 is 2.31 bits per heavy atom. The molecule has 0 bridgehead atoms. The Morgan fingerprint density at radius 3 is 2.94 bits per heavy atom. The van der Waals surface area contributed by atoms with E-state index in [1.807, 2.05) is 6.92 Å². The van der Waals surface area contributed by atoms with Gasteiger partial charge in [-0.25, -0.2) is 9.78 Å². The second-order valence-electron chi connectivity index (χ2n) is 3.07. The summed E-state index contributed by atoms with van der Waals surface area (Å²) >= 11 is 0. The first-order valence-electron chi connectivity index (χ1n) is 4.92. The van der Waals surface area contributed by atoms with Crippen LogP contribution in [0.3, 0.4) is 0 Å². The predicted molar refractivity (Wildman–Crippen MR) is 63.2 cm³/mol. The Morgan fingerprint density at radius 1 is 1.56 bits per heavy atom. The van der Waals surface area contributed by atoms with Crippen LogP contribution >= 0.6 is 0 Å². The van der Waals surface area contributed by atoms with Crippen LogP contribution in [-0.4, -0.2) is 38.3 Å². The van der Waals surface area contributed by atoms with Gasteiger partial charge >= 0.3 is 5.97 Å². The van der Waals surface area contributed by atoms with Crippen molar-refractivity contribution in [3.8, 4) is 0 Å². The van der Waals surface area contributed by atoms with Gasteiger partial charge in [0.1, 0.15) is 5.82 Å². The highest BCUT2D eigenvalue weighted by atomic mass is 32.2. The number of carboxylic acids is 1. The molecule has 0 aromatic carbocycles. The van der Waals surface area contributed by atoms with E-state index in [4.69, 9.17) is 5.11 Å². The molecule has 0 saturated carbocycles. The van der Waals surface area contributed by atoms with Crippen LogP contribution in [0.25, 0.3) is 0 Å². The highest BCUT2D eigenvalue weighted by Crippen LogP contribution is 2.04. The molecule has 0 aliphatic carbocycles. The number of aromatic nitrogens is 1. The standard InChI is InChI=1S/C10H14N2O3S/c1-2-16(15)7-6-11-9-5-3-4-8(12-9)10(13)14/h3-5H,2,6-7H2,1H3,(H,11,12)(H,13,14). The highest BCUT2D eigenvalue weighted by molar-refractivity contribution is 7.84. The van der Waals surface area contributed by atoms with Crippen molar-refractivity contribution in [1.29, 1.82) is 0 Å². The zero-order chi connectivity index (χ0) is 12.0. The Labute approximate surface area is 96.4 Å². The zero-order valence-corrected chi connectivity index (χ0v) is 9.79. The molecule has 1 heterocycles. The monoisotopic (exact) mass is 242 g/mol. The fraction of sp³-hybridized carbons (Fsp3) is 0.400. The van der Waals surface area contributed by atoms with Gasteiger partial charge < -0.3 is 10.4 Å². The van der Waals surface area contributed by atoms with Crippen LogP contribution in [0.2, 0.25) is 0 Å². The number of nitrogens with one attached hydrogen (secondary N) is 1. The Bertz CT molecular complexity index is 395. The van der Waals surface area contributed by atoms with Gasteiger partial charge in [-0.2, -0.15) is 0 Å². The number of pyridine rings is 1. The van der Waals surface area contributed by atoms with Gasteiger partial charge in [0.05, 0.1) is 0 Å². The normalized spacial score (nSPS) is 12.1. The number of anilines is 1. The molecule has 5 nitrogen and oxygen atoms in total. The second-order valence-corrected chi connectivity index (χ2v) is 4.94. The van der Waals surface area contributed by atoms with E-state index in [0.717, 1.165) is 0 Å². The fourth-order valence-corrected chi connectivity index (χ4v) is 1.71. The van der Waals surface area contributed by atoms with E-state index in [1.54, 1.807) is 12.1 Å². The average Bonchev–Trinajstić information content (AvgIpc) is 2.29. The molecule has 0 aliphatic heterocycles. The van der Waals surface area contributed by atoms with E-state index in [1.165, 1.54) is 6.07 Å². The minimum Gasteiger partial charge on any atom is -0.477 e. The predicted octanol–water partition coefficient (Wildman–Crippen LogP) is 0.960. The fourth-order valence-electron chi connectivity index (χ4n) is 1.09. The van der Waals surface area contributed by atoms with Crippen molar-refractivity contribution in [2.75, 3.05) is 23.4 Å². The molecule has 1 atom stereocenters. The minimum atomic E-state index is -1.05. The lowest BCUT2D eigenvalue weighted by atomic mass is 10.3. The molecule has 0 radical (unpaired) electrons. The van der Waals surface area contributed by atoms with Crippen LogP contribution in [-0.2, 0) is 10.8 Å². The molecule has 1 rings (SSSR count). The zero-order valence-electron chi connectivity index (χ0n) is 8.97. The van der Waals surface area contributed by atoms with Crippen LogP contribution < -0.4 is 5.32 Å². The number of nitrogens with zero attached hydrogens (tertiary/aromatic N) is 1. The summed E-state index contributed by atoms with van der Waals surface area (Å²) in [4.78, 5) is 14.5. The van der Waals surface area contributed by atoms with E-state index in [-0.39, 0.29) is 5.69 Å². The number of hydrogen-bond donors (Lipinski definition) is 2. The van der Waals surface area contributed by atoms with Gasteiger partial charge in [0.25, 0.3) is 0 Å². The number of hydrogen-bond acceptors (Lipinski definition) is 4. The topological polar surface area (TPSA) is 79.3 Å². The van der Waals surface area contributed by atoms with Crippen molar-refractivity contribution in [1.82, 2.24) is 4.98 Å². The lowest BCUT2D eigenvalue weighted by molar-refractivity contribution is 0.0690. The molecule has 2 N–H and O–H groups in total. The van der Waals surface area contributed by atoms with Crippen LogP contribution in [0.1, 0.15) is 17.4 Å². The van der Waals surface area contributed by atoms with E-state index in [2.05, 4.69) is 10.3 Å². The van der Waals surface area contributed by atoms with Gasteiger partial charge in [-0.3, -0.25) is 4.21 Å². The van der Waals surface area contributed by atoms with E-state index in [9.17, 15) is 9.00 Å². The summed E-state index contributed by atoms with van der Waals surface area (Å²) in [6, 6.07) is 4.73. The van der Waals surface area contributed by atoms with Crippen LogP contribution in [0, 0.1) is 0 Å². The maximum Gasteiger partial charge on any atom is 0.354 e. The van der Waals surface area contributed by atoms with E-state index in [0.29, 0.717) is 23.9 Å². The maximum absolute atomic E-state index is 11.1. The summed E-state index contributed by atoms with van der Waals surface area (Å²) < 4.78 is 11.1. The van der Waals surface area contributed by atoms with E-state index >= 15 is 0 Å². The van der Waals surface area contributed by atoms with Gasteiger partial charge in [0, 0.05) is 28.9 Å². The van der Waals surface area contributed by atoms with Gasteiger partial charge in [-0.05, 0) is 12.1 Å². The molecule has 88 valence electrons. The van der Waals surface area contributed by atoms with Gasteiger partial charge in [0.15, 0.2) is 5.69 Å². The molecule has 1 aromatic heterocycles. The number of carbonyl (C=O) groups is 1. The average molecular weight is 242 g/mol. The molecule has 0 aliphatic rings. The quantitative estimate of drug-likeness (QED) is 0.776. The summed E-state index contributed by atoms with van der Waals surface area (Å²) in [5, 5.41) is 11.7. The first-order valence-corrected chi connectivity index (χ1v) is 6.41.